The molecule has 1 amide bonds. The van der Waals surface area contributed by atoms with Gasteiger partial charge in [-0.05, 0) is 49.7 Å². The molecule has 0 fully saturated rings. The molecule has 0 unspecified atom stereocenters. The average Bonchev–Trinajstić information content (AvgIpc) is 2.39. The summed E-state index contributed by atoms with van der Waals surface area (Å²) in [6, 6.07) is 7.76. The fourth-order valence-electron chi connectivity index (χ4n) is 1.71. The molecular weight excluding hydrogens is 270 g/mol. The fourth-order valence-corrected chi connectivity index (χ4v) is 2.00. The molecule has 110 valence electrons. The molecule has 0 radical (unpaired) electrons. The second-order valence-electron chi connectivity index (χ2n) is 4.99. The lowest BCUT2D eigenvalue weighted by Crippen LogP contribution is -2.46. The van der Waals surface area contributed by atoms with Crippen molar-refractivity contribution in [3.8, 4) is 0 Å². The molecule has 20 heavy (non-hydrogen) atoms. The van der Waals surface area contributed by atoms with Gasteiger partial charge in [0.25, 0.3) is 0 Å². The number of amides is 1. The Morgan fingerprint density at radius 1 is 1.20 bits per heavy atom. The summed E-state index contributed by atoms with van der Waals surface area (Å²) in [5.74, 6) is 0.443. The normalized spacial score (nSPS) is 11.8. The molecule has 0 aromatic heterocycles. The molecule has 1 aromatic rings. The van der Waals surface area contributed by atoms with E-state index >= 15 is 0 Å². The summed E-state index contributed by atoms with van der Waals surface area (Å²) in [5.41, 5.74) is 2.19. The minimum absolute atomic E-state index is 0.0631. The molecule has 0 saturated heterocycles. The van der Waals surface area contributed by atoms with E-state index in [1.165, 1.54) is 5.56 Å². The van der Waals surface area contributed by atoms with Crippen LogP contribution in [0.1, 0.15) is 39.2 Å². The lowest BCUT2D eigenvalue weighted by atomic mass is 10.0. The Balaban J connectivity index is 2.51. The van der Waals surface area contributed by atoms with Gasteiger partial charge in [-0.15, -0.1) is 0 Å². The van der Waals surface area contributed by atoms with E-state index in [9.17, 15) is 4.79 Å². The highest BCUT2D eigenvalue weighted by Crippen LogP contribution is 2.16. The van der Waals surface area contributed by atoms with Crippen LogP contribution in [0.5, 0.6) is 0 Å². The van der Waals surface area contributed by atoms with Crippen LogP contribution < -0.4 is 16.0 Å². The highest BCUT2D eigenvalue weighted by atomic mass is 32.1. The topological polar surface area (TPSA) is 53.2 Å². The SMILES string of the molecule is CCNC(=O)[C@H](C)NC(=S)Nc1ccc(C(C)C)cc1. The number of hydrogen-bond acceptors (Lipinski definition) is 2. The van der Waals surface area contributed by atoms with Crippen LogP contribution in [-0.2, 0) is 4.79 Å². The van der Waals surface area contributed by atoms with E-state index in [1.807, 2.05) is 19.1 Å². The minimum Gasteiger partial charge on any atom is -0.355 e. The van der Waals surface area contributed by atoms with Crippen LogP contribution in [0.3, 0.4) is 0 Å². The average molecular weight is 293 g/mol. The molecule has 1 rings (SSSR count). The van der Waals surface area contributed by atoms with Gasteiger partial charge in [-0.25, -0.2) is 0 Å². The molecule has 0 heterocycles. The van der Waals surface area contributed by atoms with E-state index in [0.29, 0.717) is 17.6 Å². The van der Waals surface area contributed by atoms with Crippen molar-refractivity contribution in [3.63, 3.8) is 0 Å². The first-order chi connectivity index (χ1) is 9.43. The van der Waals surface area contributed by atoms with Crippen LogP contribution in [0.25, 0.3) is 0 Å². The van der Waals surface area contributed by atoms with Crippen molar-refractivity contribution in [3.05, 3.63) is 29.8 Å². The summed E-state index contributed by atoms with van der Waals surface area (Å²) in [6.45, 7) is 8.59. The number of anilines is 1. The Kier molecular flexibility index (Phi) is 6.45. The van der Waals surface area contributed by atoms with E-state index in [0.717, 1.165) is 5.69 Å². The molecule has 5 heteroatoms. The van der Waals surface area contributed by atoms with Crippen molar-refractivity contribution in [1.82, 2.24) is 10.6 Å². The van der Waals surface area contributed by atoms with Crippen LogP contribution in [0.4, 0.5) is 5.69 Å². The Hall–Kier alpha value is -1.62. The summed E-state index contributed by atoms with van der Waals surface area (Å²) >= 11 is 5.20. The van der Waals surface area contributed by atoms with Crippen LogP contribution in [0, 0.1) is 0 Å². The van der Waals surface area contributed by atoms with E-state index in [2.05, 4.69) is 41.9 Å². The second kappa shape index (κ2) is 7.85. The first kappa shape index (κ1) is 16.4. The van der Waals surface area contributed by atoms with Crippen LogP contribution >= 0.6 is 12.2 Å². The van der Waals surface area contributed by atoms with Crippen molar-refractivity contribution < 1.29 is 4.79 Å². The third kappa shape index (κ3) is 5.17. The molecule has 0 saturated carbocycles. The van der Waals surface area contributed by atoms with Gasteiger partial charge in [-0.3, -0.25) is 4.79 Å². The first-order valence-corrected chi connectivity index (χ1v) is 7.30. The van der Waals surface area contributed by atoms with E-state index < -0.39 is 0 Å². The number of hydrogen-bond donors (Lipinski definition) is 3. The van der Waals surface area contributed by atoms with Crippen LogP contribution in [0.15, 0.2) is 24.3 Å². The molecule has 4 nitrogen and oxygen atoms in total. The van der Waals surface area contributed by atoms with Gasteiger partial charge in [0.1, 0.15) is 6.04 Å². The molecule has 0 aliphatic rings. The Labute approximate surface area is 126 Å². The third-order valence-corrected chi connectivity index (χ3v) is 3.15. The monoisotopic (exact) mass is 293 g/mol. The lowest BCUT2D eigenvalue weighted by molar-refractivity contribution is -0.122. The number of nitrogens with one attached hydrogen (secondary N) is 3. The van der Waals surface area contributed by atoms with Crippen molar-refractivity contribution in [2.24, 2.45) is 0 Å². The smallest absolute Gasteiger partial charge is 0.242 e. The molecule has 3 N–H and O–H groups in total. The van der Waals surface area contributed by atoms with Gasteiger partial charge >= 0.3 is 0 Å². The molecule has 1 aromatic carbocycles. The lowest BCUT2D eigenvalue weighted by Gasteiger charge is -2.16. The standard InChI is InChI=1S/C15H23N3OS/c1-5-16-14(19)11(4)17-15(20)18-13-8-6-12(7-9-13)10(2)3/h6-11H,5H2,1-4H3,(H,16,19)(H2,17,18,20)/t11-/m0/s1. The number of benzene rings is 1. The third-order valence-electron chi connectivity index (χ3n) is 2.93. The number of carbonyl (C=O) groups is 1. The molecule has 0 spiro atoms. The Bertz CT molecular complexity index is 457. The first-order valence-electron chi connectivity index (χ1n) is 6.89. The highest BCUT2D eigenvalue weighted by molar-refractivity contribution is 7.80. The van der Waals surface area contributed by atoms with Crippen molar-refractivity contribution >= 4 is 28.9 Å². The highest BCUT2D eigenvalue weighted by Gasteiger charge is 2.12. The van der Waals surface area contributed by atoms with Crippen molar-refractivity contribution in [2.75, 3.05) is 11.9 Å². The number of carbonyl (C=O) groups excluding carboxylic acids is 1. The molecular formula is C15H23N3OS. The summed E-state index contributed by atoms with van der Waals surface area (Å²) in [4.78, 5) is 11.6. The van der Waals surface area contributed by atoms with Gasteiger partial charge in [0.05, 0.1) is 0 Å². The number of likely N-dealkylation sites (N-methyl/N-ethyl adjacent to an activating group) is 1. The molecule has 0 bridgehead atoms. The summed E-state index contributed by atoms with van der Waals surface area (Å²) < 4.78 is 0. The molecule has 0 aliphatic carbocycles. The fraction of sp³-hybridized carbons (Fsp3) is 0.467. The minimum atomic E-state index is -0.357. The zero-order chi connectivity index (χ0) is 15.1. The van der Waals surface area contributed by atoms with Gasteiger partial charge in [0, 0.05) is 12.2 Å². The van der Waals surface area contributed by atoms with E-state index in [4.69, 9.17) is 12.2 Å². The zero-order valence-electron chi connectivity index (χ0n) is 12.5. The van der Waals surface area contributed by atoms with Gasteiger partial charge in [-0.1, -0.05) is 26.0 Å². The molecule has 0 aliphatic heterocycles. The van der Waals surface area contributed by atoms with Crippen molar-refractivity contribution in [1.29, 1.82) is 0 Å². The zero-order valence-corrected chi connectivity index (χ0v) is 13.3. The predicted octanol–water partition coefficient (Wildman–Crippen LogP) is 2.62. The predicted molar refractivity (Wildman–Crippen MR) is 88.0 cm³/mol. The number of thiocarbonyl (C=S) groups is 1. The van der Waals surface area contributed by atoms with Gasteiger partial charge in [-0.2, -0.15) is 0 Å². The van der Waals surface area contributed by atoms with Crippen molar-refractivity contribution in [2.45, 2.75) is 39.7 Å². The van der Waals surface area contributed by atoms with Gasteiger partial charge in [0.2, 0.25) is 5.91 Å². The summed E-state index contributed by atoms with van der Waals surface area (Å²) in [7, 11) is 0. The van der Waals surface area contributed by atoms with E-state index in [1.54, 1.807) is 6.92 Å². The summed E-state index contributed by atoms with van der Waals surface area (Å²) in [5, 5.41) is 9.23. The second-order valence-corrected chi connectivity index (χ2v) is 5.40. The summed E-state index contributed by atoms with van der Waals surface area (Å²) in [6.07, 6.45) is 0. The maximum Gasteiger partial charge on any atom is 0.242 e. The quantitative estimate of drug-likeness (QED) is 0.731. The number of rotatable bonds is 5. The maximum atomic E-state index is 11.6. The maximum absolute atomic E-state index is 11.6. The molecule has 1 atom stereocenters. The van der Waals surface area contributed by atoms with Crippen LogP contribution in [-0.4, -0.2) is 23.6 Å². The Morgan fingerprint density at radius 3 is 2.30 bits per heavy atom. The largest absolute Gasteiger partial charge is 0.355 e. The van der Waals surface area contributed by atoms with E-state index in [-0.39, 0.29) is 11.9 Å². The van der Waals surface area contributed by atoms with Gasteiger partial charge < -0.3 is 16.0 Å². The van der Waals surface area contributed by atoms with Gasteiger partial charge in [0.15, 0.2) is 5.11 Å². The Morgan fingerprint density at radius 2 is 1.80 bits per heavy atom. The van der Waals surface area contributed by atoms with Crippen LogP contribution in [0.2, 0.25) is 0 Å².